The maximum Gasteiger partial charge on any atom is 0.293 e. The highest BCUT2D eigenvalue weighted by Crippen LogP contribution is 2.31. The number of nitro benzene ring substituents is 1. The van der Waals surface area contributed by atoms with E-state index in [0.717, 1.165) is 38.5 Å². The third-order valence-corrected chi connectivity index (χ3v) is 7.17. The van der Waals surface area contributed by atoms with Crippen LogP contribution in [-0.4, -0.2) is 49.5 Å². The Kier molecular flexibility index (Phi) is 6.33. The lowest BCUT2D eigenvalue weighted by Crippen LogP contribution is -2.32. The molecular formula is C18H27N3O5S. The van der Waals surface area contributed by atoms with E-state index < -0.39 is 14.9 Å². The van der Waals surface area contributed by atoms with Gasteiger partial charge in [-0.2, -0.15) is 4.31 Å². The van der Waals surface area contributed by atoms with Crippen LogP contribution < -0.4 is 5.32 Å². The first kappa shape index (κ1) is 20.0. The Hall–Kier alpha value is -1.71. The Balaban J connectivity index is 1.85. The van der Waals surface area contributed by atoms with Gasteiger partial charge in [0.1, 0.15) is 5.69 Å². The molecule has 1 aromatic carbocycles. The number of hydrogen-bond donors (Lipinski definition) is 1. The zero-order valence-electron chi connectivity index (χ0n) is 15.6. The smallest absolute Gasteiger partial charge is 0.293 e. The van der Waals surface area contributed by atoms with Gasteiger partial charge in [0.25, 0.3) is 5.69 Å². The molecule has 0 aliphatic carbocycles. The third kappa shape index (κ3) is 4.59. The minimum atomic E-state index is -3.73. The molecule has 2 saturated heterocycles. The zero-order chi connectivity index (χ0) is 19.4. The molecule has 3 rings (SSSR count). The van der Waals surface area contributed by atoms with Crippen LogP contribution in [-0.2, 0) is 14.8 Å². The number of anilines is 1. The molecule has 0 spiro atoms. The van der Waals surface area contributed by atoms with Gasteiger partial charge in [-0.25, -0.2) is 8.42 Å². The van der Waals surface area contributed by atoms with Gasteiger partial charge < -0.3 is 10.1 Å². The number of nitrogens with one attached hydrogen (secondary N) is 1. The highest BCUT2D eigenvalue weighted by atomic mass is 32.2. The molecule has 0 aromatic heterocycles. The van der Waals surface area contributed by atoms with Gasteiger partial charge in [-0.1, -0.05) is 12.8 Å². The first-order valence-electron chi connectivity index (χ1n) is 9.56. The van der Waals surface area contributed by atoms with Crippen LogP contribution in [0.2, 0.25) is 0 Å². The van der Waals surface area contributed by atoms with Crippen molar-refractivity contribution in [2.45, 2.75) is 62.5 Å². The van der Waals surface area contributed by atoms with E-state index in [9.17, 15) is 18.5 Å². The van der Waals surface area contributed by atoms with Crippen molar-refractivity contribution >= 4 is 21.4 Å². The van der Waals surface area contributed by atoms with Crippen molar-refractivity contribution in [3.63, 3.8) is 0 Å². The first-order valence-corrected chi connectivity index (χ1v) is 11.0. The van der Waals surface area contributed by atoms with Crippen LogP contribution in [0.5, 0.6) is 0 Å². The summed E-state index contributed by atoms with van der Waals surface area (Å²) in [5, 5.41) is 14.7. The molecule has 2 aliphatic heterocycles. The van der Waals surface area contributed by atoms with Crippen molar-refractivity contribution in [2.75, 3.05) is 25.0 Å². The van der Waals surface area contributed by atoms with Crippen LogP contribution in [0.1, 0.15) is 45.4 Å². The lowest BCUT2D eigenvalue weighted by Gasteiger charge is -2.22. The minimum absolute atomic E-state index is 0.00473. The fourth-order valence-electron chi connectivity index (χ4n) is 3.71. The summed E-state index contributed by atoms with van der Waals surface area (Å²) in [5.74, 6) is 0. The number of hydrogen-bond acceptors (Lipinski definition) is 6. The fourth-order valence-corrected chi connectivity index (χ4v) is 5.25. The molecule has 1 aromatic rings. The van der Waals surface area contributed by atoms with Crippen LogP contribution in [0.15, 0.2) is 23.1 Å². The molecule has 2 aliphatic rings. The van der Waals surface area contributed by atoms with Gasteiger partial charge in [0.15, 0.2) is 0 Å². The number of nitrogens with zero attached hydrogens (tertiary/aromatic N) is 2. The summed E-state index contributed by atoms with van der Waals surface area (Å²) in [6.45, 7) is 3.55. The van der Waals surface area contributed by atoms with Crippen LogP contribution >= 0.6 is 0 Å². The van der Waals surface area contributed by atoms with Crippen LogP contribution in [0.4, 0.5) is 11.4 Å². The Morgan fingerprint density at radius 2 is 1.93 bits per heavy atom. The Bertz CT molecular complexity index is 769. The SMILES string of the molecule is C[C@H](Nc1ccc(S(=O)(=O)N2CCCCCC2)cc1[N+](=O)[O-])[C@H]1CCCO1. The normalized spacial score (nSPS) is 22.9. The lowest BCUT2D eigenvalue weighted by atomic mass is 10.1. The highest BCUT2D eigenvalue weighted by molar-refractivity contribution is 7.89. The number of nitro groups is 1. The molecule has 9 heteroatoms. The van der Waals surface area contributed by atoms with E-state index in [1.165, 1.54) is 22.5 Å². The predicted octanol–water partition coefficient (Wildman–Crippen LogP) is 3.14. The highest BCUT2D eigenvalue weighted by Gasteiger charge is 2.29. The largest absolute Gasteiger partial charge is 0.376 e. The molecule has 2 atom stereocenters. The summed E-state index contributed by atoms with van der Waals surface area (Å²) in [6.07, 6.45) is 5.55. The first-order chi connectivity index (χ1) is 12.9. The molecule has 0 amide bonds. The predicted molar refractivity (Wildman–Crippen MR) is 102 cm³/mol. The number of ether oxygens (including phenoxy) is 1. The van der Waals surface area contributed by atoms with Gasteiger partial charge in [-0.05, 0) is 44.7 Å². The average Bonchev–Trinajstić information content (AvgIpc) is 3.03. The van der Waals surface area contributed by atoms with Crippen LogP contribution in [0.3, 0.4) is 0 Å². The summed E-state index contributed by atoms with van der Waals surface area (Å²) in [7, 11) is -3.73. The molecule has 0 radical (unpaired) electrons. The minimum Gasteiger partial charge on any atom is -0.376 e. The standard InChI is InChI=1S/C18H27N3O5S/c1-14(18-7-6-12-26-18)19-16-9-8-15(13-17(16)21(22)23)27(24,25)20-10-4-2-3-5-11-20/h8-9,13-14,18-19H,2-7,10-12H2,1H3/t14-,18+/m0/s1. The van der Waals surface area contributed by atoms with E-state index in [0.29, 0.717) is 25.4 Å². The maximum absolute atomic E-state index is 12.9. The molecule has 1 N–H and O–H groups in total. The van der Waals surface area contributed by atoms with E-state index in [2.05, 4.69) is 5.32 Å². The van der Waals surface area contributed by atoms with Crippen molar-refractivity contribution in [1.29, 1.82) is 0 Å². The second kappa shape index (κ2) is 8.53. The maximum atomic E-state index is 12.9. The van der Waals surface area contributed by atoms with Gasteiger partial charge in [0.05, 0.1) is 15.9 Å². The van der Waals surface area contributed by atoms with Crippen molar-refractivity contribution in [1.82, 2.24) is 4.31 Å². The summed E-state index contributed by atoms with van der Waals surface area (Å²) >= 11 is 0. The second-order valence-corrected chi connectivity index (χ2v) is 9.18. The van der Waals surface area contributed by atoms with Gasteiger partial charge in [0.2, 0.25) is 10.0 Å². The Morgan fingerprint density at radius 1 is 1.22 bits per heavy atom. The third-order valence-electron chi connectivity index (χ3n) is 5.27. The molecule has 0 bridgehead atoms. The quantitative estimate of drug-likeness (QED) is 0.584. The van der Waals surface area contributed by atoms with E-state index in [1.54, 1.807) is 0 Å². The number of sulfonamides is 1. The molecule has 2 heterocycles. The van der Waals surface area contributed by atoms with Gasteiger partial charge in [-0.3, -0.25) is 10.1 Å². The average molecular weight is 397 g/mol. The van der Waals surface area contributed by atoms with E-state index in [4.69, 9.17) is 4.74 Å². The molecule has 0 unspecified atom stereocenters. The second-order valence-electron chi connectivity index (χ2n) is 7.24. The molecule has 0 saturated carbocycles. The monoisotopic (exact) mass is 397 g/mol. The molecule has 2 fully saturated rings. The van der Waals surface area contributed by atoms with E-state index >= 15 is 0 Å². The summed E-state index contributed by atoms with van der Waals surface area (Å²) in [6, 6.07) is 4.02. The Labute approximate surface area is 160 Å². The van der Waals surface area contributed by atoms with E-state index in [1.807, 2.05) is 6.92 Å². The van der Waals surface area contributed by atoms with Gasteiger partial charge in [-0.15, -0.1) is 0 Å². The number of benzene rings is 1. The topological polar surface area (TPSA) is 102 Å². The summed E-state index contributed by atoms with van der Waals surface area (Å²) < 4.78 is 32.9. The fraction of sp³-hybridized carbons (Fsp3) is 0.667. The molecule has 150 valence electrons. The van der Waals surface area contributed by atoms with Crippen molar-refractivity contribution in [3.05, 3.63) is 28.3 Å². The molecular weight excluding hydrogens is 370 g/mol. The van der Waals surface area contributed by atoms with Crippen LogP contribution in [0.25, 0.3) is 0 Å². The van der Waals surface area contributed by atoms with Crippen molar-refractivity contribution < 1.29 is 18.1 Å². The molecule has 27 heavy (non-hydrogen) atoms. The summed E-state index contributed by atoms with van der Waals surface area (Å²) in [5.41, 5.74) is 0.0913. The number of rotatable bonds is 6. The summed E-state index contributed by atoms with van der Waals surface area (Å²) in [4.78, 5) is 11.0. The Morgan fingerprint density at radius 3 is 2.52 bits per heavy atom. The lowest BCUT2D eigenvalue weighted by molar-refractivity contribution is -0.384. The molecule has 8 nitrogen and oxygen atoms in total. The van der Waals surface area contributed by atoms with Gasteiger partial charge >= 0.3 is 0 Å². The van der Waals surface area contributed by atoms with Crippen LogP contribution in [0, 0.1) is 10.1 Å². The van der Waals surface area contributed by atoms with Crippen molar-refractivity contribution in [2.24, 2.45) is 0 Å². The van der Waals surface area contributed by atoms with Crippen molar-refractivity contribution in [3.8, 4) is 0 Å². The van der Waals surface area contributed by atoms with E-state index in [-0.39, 0.29) is 22.7 Å². The van der Waals surface area contributed by atoms with Gasteiger partial charge in [0, 0.05) is 31.8 Å². The zero-order valence-corrected chi connectivity index (χ0v) is 16.4.